The number of hydrogen-bond acceptors (Lipinski definition) is 2. The van der Waals surface area contributed by atoms with E-state index in [4.69, 9.17) is 11.1 Å². The fraction of sp³-hybridized carbons (Fsp3) is 0.850. The summed E-state index contributed by atoms with van der Waals surface area (Å²) in [6.07, 6.45) is 46.5. The van der Waals surface area contributed by atoms with Crippen LogP contribution in [0.2, 0.25) is 0 Å². The molecule has 0 aromatic carbocycles. The fourth-order valence-corrected chi connectivity index (χ4v) is 5.92. The second kappa shape index (κ2) is 36.7. The van der Waals surface area contributed by atoms with Gasteiger partial charge in [-0.1, -0.05) is 154 Å². The molecule has 0 aromatic heterocycles. The SMILES string of the molecule is CCCCCCCC/C=C/CCCCCCCCN(CCCCCCCC/C=C/CCCCCCCC)C(=O)CCNC(=N)N. The van der Waals surface area contributed by atoms with E-state index >= 15 is 0 Å². The Bertz CT molecular complexity index is 648. The Morgan fingerprint density at radius 1 is 0.533 bits per heavy atom. The van der Waals surface area contributed by atoms with Crippen molar-refractivity contribution in [3.8, 4) is 0 Å². The molecule has 0 aliphatic carbocycles. The Kier molecular flexibility index (Phi) is 35.2. The van der Waals surface area contributed by atoms with E-state index in [-0.39, 0.29) is 11.9 Å². The first-order valence-electron chi connectivity index (χ1n) is 19.8. The van der Waals surface area contributed by atoms with Crippen molar-refractivity contribution in [3.05, 3.63) is 24.3 Å². The first kappa shape index (κ1) is 43.2. The van der Waals surface area contributed by atoms with Crippen LogP contribution in [-0.4, -0.2) is 36.4 Å². The molecule has 0 radical (unpaired) electrons. The smallest absolute Gasteiger partial charge is 0.224 e. The Labute approximate surface area is 281 Å². The summed E-state index contributed by atoms with van der Waals surface area (Å²) in [5.74, 6) is 0.139. The number of guanidine groups is 1. The Balaban J connectivity index is 3.91. The van der Waals surface area contributed by atoms with Crippen LogP contribution in [0.25, 0.3) is 0 Å². The van der Waals surface area contributed by atoms with Crippen molar-refractivity contribution in [2.75, 3.05) is 19.6 Å². The van der Waals surface area contributed by atoms with Gasteiger partial charge in [0.1, 0.15) is 0 Å². The third-order valence-electron chi connectivity index (χ3n) is 8.89. The minimum absolute atomic E-state index is 0.0593. The van der Waals surface area contributed by atoms with Crippen LogP contribution in [-0.2, 0) is 4.79 Å². The van der Waals surface area contributed by atoms with Crippen molar-refractivity contribution in [2.45, 2.75) is 200 Å². The van der Waals surface area contributed by atoms with Crippen molar-refractivity contribution < 1.29 is 4.79 Å². The standard InChI is InChI=1S/C40H78N4O/c1-3-5-7-9-11-13-15-17-19-21-23-25-27-29-31-33-37-44(39(45)35-36-43-40(41)42)38-34-32-30-28-26-24-22-20-18-16-14-12-10-8-6-4-2/h17-20H,3-16,21-38H2,1-2H3,(H4,41,42,43)/b19-17+,20-18+. The molecule has 5 nitrogen and oxygen atoms in total. The highest BCUT2D eigenvalue weighted by Crippen LogP contribution is 2.13. The summed E-state index contributed by atoms with van der Waals surface area (Å²) in [6.45, 7) is 6.74. The van der Waals surface area contributed by atoms with E-state index < -0.39 is 0 Å². The molecule has 0 saturated carbocycles. The Morgan fingerprint density at radius 2 is 0.844 bits per heavy atom. The molecule has 0 bridgehead atoms. The van der Waals surface area contributed by atoms with Crippen LogP contribution in [0.5, 0.6) is 0 Å². The molecule has 0 fully saturated rings. The number of carbonyl (C=O) groups excluding carboxylic acids is 1. The summed E-state index contributed by atoms with van der Waals surface area (Å²) in [6, 6.07) is 0. The number of nitrogens with zero attached hydrogens (tertiary/aromatic N) is 1. The number of unbranched alkanes of at least 4 members (excludes halogenated alkanes) is 24. The predicted molar refractivity (Wildman–Crippen MR) is 200 cm³/mol. The van der Waals surface area contributed by atoms with E-state index in [1.54, 1.807) is 0 Å². The zero-order valence-electron chi connectivity index (χ0n) is 30.4. The van der Waals surface area contributed by atoms with E-state index in [1.807, 2.05) is 0 Å². The van der Waals surface area contributed by atoms with Gasteiger partial charge in [0, 0.05) is 26.1 Å². The third-order valence-corrected chi connectivity index (χ3v) is 8.89. The monoisotopic (exact) mass is 631 g/mol. The average molecular weight is 631 g/mol. The lowest BCUT2D eigenvalue weighted by Gasteiger charge is -2.23. The van der Waals surface area contributed by atoms with Crippen LogP contribution >= 0.6 is 0 Å². The molecule has 0 rings (SSSR count). The van der Waals surface area contributed by atoms with Gasteiger partial charge in [-0.25, -0.2) is 0 Å². The van der Waals surface area contributed by atoms with E-state index in [0.717, 1.165) is 25.9 Å². The van der Waals surface area contributed by atoms with Gasteiger partial charge in [0.25, 0.3) is 0 Å². The van der Waals surface area contributed by atoms with Gasteiger partial charge >= 0.3 is 0 Å². The largest absolute Gasteiger partial charge is 0.370 e. The van der Waals surface area contributed by atoms with Crippen LogP contribution in [0.1, 0.15) is 200 Å². The second-order valence-corrected chi connectivity index (χ2v) is 13.3. The highest BCUT2D eigenvalue weighted by Gasteiger charge is 2.12. The number of carbonyl (C=O) groups is 1. The highest BCUT2D eigenvalue weighted by atomic mass is 16.2. The molecule has 0 unspecified atom stereocenters. The van der Waals surface area contributed by atoms with Crippen molar-refractivity contribution in [1.29, 1.82) is 5.41 Å². The molecule has 1 amide bonds. The van der Waals surface area contributed by atoms with Crippen molar-refractivity contribution in [3.63, 3.8) is 0 Å². The van der Waals surface area contributed by atoms with Gasteiger partial charge in [0.15, 0.2) is 5.96 Å². The molecule has 0 atom stereocenters. The van der Waals surface area contributed by atoms with Crippen LogP contribution in [0.15, 0.2) is 24.3 Å². The number of amides is 1. The van der Waals surface area contributed by atoms with Gasteiger partial charge in [-0.15, -0.1) is 0 Å². The fourth-order valence-electron chi connectivity index (χ4n) is 5.92. The zero-order valence-corrected chi connectivity index (χ0v) is 30.4. The molecule has 4 N–H and O–H groups in total. The number of nitrogens with one attached hydrogen (secondary N) is 2. The molecule has 264 valence electrons. The quantitative estimate of drug-likeness (QED) is 0.0282. The molecule has 5 heteroatoms. The number of hydrogen-bond donors (Lipinski definition) is 3. The summed E-state index contributed by atoms with van der Waals surface area (Å²) in [5.41, 5.74) is 5.40. The molecular weight excluding hydrogens is 552 g/mol. The first-order valence-corrected chi connectivity index (χ1v) is 19.8. The summed E-state index contributed by atoms with van der Waals surface area (Å²) in [5, 5.41) is 10.1. The minimum atomic E-state index is -0.0593. The summed E-state index contributed by atoms with van der Waals surface area (Å²) < 4.78 is 0. The van der Waals surface area contributed by atoms with E-state index in [1.165, 1.54) is 167 Å². The van der Waals surface area contributed by atoms with Crippen molar-refractivity contribution in [1.82, 2.24) is 10.2 Å². The minimum Gasteiger partial charge on any atom is -0.370 e. The molecular formula is C40H78N4O. The molecule has 0 aliphatic rings. The Morgan fingerprint density at radius 3 is 1.18 bits per heavy atom. The second-order valence-electron chi connectivity index (χ2n) is 13.3. The number of allylic oxidation sites excluding steroid dienone is 4. The highest BCUT2D eigenvalue weighted by molar-refractivity contribution is 5.78. The van der Waals surface area contributed by atoms with E-state index in [2.05, 4.69) is 48.4 Å². The van der Waals surface area contributed by atoms with Crippen molar-refractivity contribution >= 4 is 11.9 Å². The molecule has 0 aliphatic heterocycles. The Hall–Kier alpha value is -1.78. The van der Waals surface area contributed by atoms with Gasteiger partial charge in [0.2, 0.25) is 5.91 Å². The summed E-state index contributed by atoms with van der Waals surface area (Å²) in [7, 11) is 0. The van der Waals surface area contributed by atoms with Gasteiger partial charge in [-0.2, -0.15) is 0 Å². The number of rotatable bonds is 35. The average Bonchev–Trinajstić information content (AvgIpc) is 3.03. The van der Waals surface area contributed by atoms with E-state index in [9.17, 15) is 4.79 Å². The zero-order chi connectivity index (χ0) is 32.9. The van der Waals surface area contributed by atoms with Gasteiger partial charge < -0.3 is 16.0 Å². The molecule has 0 heterocycles. The van der Waals surface area contributed by atoms with Gasteiger partial charge in [-0.05, 0) is 64.2 Å². The van der Waals surface area contributed by atoms with Crippen LogP contribution in [0.3, 0.4) is 0 Å². The van der Waals surface area contributed by atoms with E-state index in [0.29, 0.717) is 13.0 Å². The topological polar surface area (TPSA) is 82.2 Å². The maximum atomic E-state index is 12.9. The summed E-state index contributed by atoms with van der Waals surface area (Å²) in [4.78, 5) is 14.9. The van der Waals surface area contributed by atoms with Crippen LogP contribution in [0, 0.1) is 5.41 Å². The third kappa shape index (κ3) is 34.9. The first-order chi connectivity index (χ1) is 22.1. The lowest BCUT2D eigenvalue weighted by atomic mass is 10.1. The van der Waals surface area contributed by atoms with Crippen LogP contribution in [0.4, 0.5) is 0 Å². The molecule has 45 heavy (non-hydrogen) atoms. The van der Waals surface area contributed by atoms with Crippen molar-refractivity contribution in [2.24, 2.45) is 5.73 Å². The molecule has 0 saturated heterocycles. The lowest BCUT2D eigenvalue weighted by molar-refractivity contribution is -0.131. The molecule has 0 aromatic rings. The predicted octanol–water partition coefficient (Wildman–Crippen LogP) is 11.8. The van der Waals surface area contributed by atoms with Gasteiger partial charge in [0.05, 0.1) is 0 Å². The van der Waals surface area contributed by atoms with Crippen LogP contribution < -0.4 is 11.1 Å². The maximum absolute atomic E-state index is 12.9. The lowest BCUT2D eigenvalue weighted by Crippen LogP contribution is -2.37. The number of nitrogens with two attached hydrogens (primary N) is 1. The van der Waals surface area contributed by atoms with Gasteiger partial charge in [-0.3, -0.25) is 10.2 Å². The summed E-state index contributed by atoms with van der Waals surface area (Å²) >= 11 is 0. The molecule has 0 spiro atoms. The normalized spacial score (nSPS) is 11.6. The maximum Gasteiger partial charge on any atom is 0.224 e.